The summed E-state index contributed by atoms with van der Waals surface area (Å²) in [5.74, 6) is 0. The second-order valence-electron chi connectivity index (χ2n) is 15.8. The minimum Gasteiger partial charge on any atom is -0.310 e. The van der Waals surface area contributed by atoms with E-state index in [0.717, 1.165) is 57.0 Å². The molecule has 10 rings (SSSR count). The van der Waals surface area contributed by atoms with E-state index in [2.05, 4.69) is 241 Å². The van der Waals surface area contributed by atoms with Gasteiger partial charge in [-0.15, -0.1) is 0 Å². The Hall–Kier alpha value is -8.14. The molecule has 0 fully saturated rings. The zero-order valence-corrected chi connectivity index (χ0v) is 35.0. The van der Waals surface area contributed by atoms with Crippen molar-refractivity contribution < 1.29 is 0 Å². The molecule has 1 aliphatic rings. The molecule has 300 valence electrons. The quantitative estimate of drug-likeness (QED) is 0.113. The lowest BCUT2D eigenvalue weighted by atomic mass is 9.99. The van der Waals surface area contributed by atoms with Crippen molar-refractivity contribution >= 4 is 35.2 Å². The smallest absolute Gasteiger partial charge is 0.0716 e. The van der Waals surface area contributed by atoms with Gasteiger partial charge in [-0.05, 0) is 111 Å². The second kappa shape index (κ2) is 17.8. The molecule has 0 unspecified atom stereocenters. The molecule has 63 heavy (non-hydrogen) atoms. The Morgan fingerprint density at radius 2 is 0.952 bits per heavy atom. The second-order valence-corrected chi connectivity index (χ2v) is 15.8. The third-order valence-electron chi connectivity index (χ3n) is 11.9. The fourth-order valence-electron chi connectivity index (χ4n) is 8.68. The Labute approximate surface area is 370 Å². The highest BCUT2D eigenvalue weighted by atomic mass is 15.1. The van der Waals surface area contributed by atoms with Crippen molar-refractivity contribution in [1.82, 2.24) is 0 Å². The summed E-state index contributed by atoms with van der Waals surface area (Å²) in [6, 6.07) is 81.8. The van der Waals surface area contributed by atoms with E-state index in [1.54, 1.807) is 0 Å². The first-order chi connectivity index (χ1) is 31.2. The van der Waals surface area contributed by atoms with Crippen LogP contribution in [0.4, 0.5) is 17.1 Å². The van der Waals surface area contributed by atoms with Gasteiger partial charge in [0.1, 0.15) is 0 Å². The van der Waals surface area contributed by atoms with Crippen LogP contribution in [0.2, 0.25) is 0 Å². The number of anilines is 3. The summed E-state index contributed by atoms with van der Waals surface area (Å²) in [6.45, 7) is 4.51. The van der Waals surface area contributed by atoms with Gasteiger partial charge in [0.15, 0.2) is 0 Å². The fraction of sp³-hybridized carbons (Fsp3) is 0.0333. The summed E-state index contributed by atoms with van der Waals surface area (Å²) in [5, 5.41) is 0. The van der Waals surface area contributed by atoms with Gasteiger partial charge in [-0.1, -0.05) is 200 Å². The number of allylic oxidation sites excluding steroid dienone is 1. The predicted octanol–water partition coefficient (Wildman–Crippen LogP) is 15.5. The van der Waals surface area contributed by atoms with Crippen molar-refractivity contribution in [2.24, 2.45) is 9.98 Å². The molecule has 1 aliphatic carbocycles. The molecule has 0 radical (unpaired) electrons. The maximum absolute atomic E-state index is 5.32. The molecule has 0 saturated carbocycles. The Balaban J connectivity index is 0.985. The molecule has 0 aliphatic heterocycles. The molecule has 0 spiro atoms. The Bertz CT molecular complexity index is 3060. The lowest BCUT2D eigenvalue weighted by molar-refractivity contribution is 1.06. The first-order valence-electron chi connectivity index (χ1n) is 21.5. The lowest BCUT2D eigenvalue weighted by Crippen LogP contribution is -2.11. The molecule has 9 aromatic rings. The van der Waals surface area contributed by atoms with Crippen molar-refractivity contribution in [1.29, 1.82) is 0 Å². The molecule has 0 heterocycles. The third-order valence-corrected chi connectivity index (χ3v) is 11.9. The predicted molar refractivity (Wildman–Crippen MR) is 266 cm³/mol. The first-order valence-corrected chi connectivity index (χ1v) is 21.5. The normalized spacial score (nSPS) is 12.1. The van der Waals surface area contributed by atoms with Crippen LogP contribution in [0.1, 0.15) is 27.8 Å². The minimum absolute atomic E-state index is 0.518. The largest absolute Gasteiger partial charge is 0.310 e. The Morgan fingerprint density at radius 1 is 0.460 bits per heavy atom. The van der Waals surface area contributed by atoms with Crippen molar-refractivity contribution in [2.75, 3.05) is 4.90 Å². The summed E-state index contributed by atoms with van der Waals surface area (Å²) in [7, 11) is 0. The van der Waals surface area contributed by atoms with E-state index in [9.17, 15) is 0 Å². The van der Waals surface area contributed by atoms with Crippen molar-refractivity contribution in [3.05, 3.63) is 264 Å². The van der Waals surface area contributed by atoms with Crippen molar-refractivity contribution in [3.8, 4) is 44.5 Å². The van der Waals surface area contributed by atoms with Crippen LogP contribution in [0.25, 0.3) is 50.2 Å². The number of hydrogen-bond acceptors (Lipinski definition) is 3. The zero-order valence-electron chi connectivity index (χ0n) is 35.0. The van der Waals surface area contributed by atoms with Gasteiger partial charge in [0.25, 0.3) is 0 Å². The highest BCUT2D eigenvalue weighted by Crippen LogP contribution is 2.47. The van der Waals surface area contributed by atoms with Crippen molar-refractivity contribution in [3.63, 3.8) is 0 Å². The van der Waals surface area contributed by atoms with E-state index in [-0.39, 0.29) is 0 Å². The minimum atomic E-state index is 0.518. The van der Waals surface area contributed by atoms with Gasteiger partial charge in [-0.25, -0.2) is 0 Å². The van der Waals surface area contributed by atoms with Gasteiger partial charge in [0, 0.05) is 22.5 Å². The number of hydrogen-bond donors (Lipinski definition) is 0. The third kappa shape index (κ3) is 8.33. The number of fused-ring (bicyclic) bond motifs is 3. The van der Waals surface area contributed by atoms with Gasteiger partial charge in [0.05, 0.1) is 23.6 Å². The summed E-state index contributed by atoms with van der Waals surface area (Å²) < 4.78 is 0. The monoisotopic (exact) mass is 807 g/mol. The van der Waals surface area contributed by atoms with Gasteiger partial charge in [-0.2, -0.15) is 0 Å². The topological polar surface area (TPSA) is 28.0 Å². The number of rotatable bonds is 12. The van der Waals surface area contributed by atoms with Crippen LogP contribution in [0.15, 0.2) is 247 Å². The molecule has 0 N–H and O–H groups in total. The number of nitrogens with zero attached hydrogens (tertiary/aromatic N) is 3. The molecule has 3 nitrogen and oxygen atoms in total. The van der Waals surface area contributed by atoms with E-state index in [1.165, 1.54) is 50.2 Å². The Kier molecular flexibility index (Phi) is 11.0. The van der Waals surface area contributed by atoms with Crippen LogP contribution in [0, 0.1) is 0 Å². The van der Waals surface area contributed by atoms with Crippen LogP contribution in [0.3, 0.4) is 0 Å². The van der Waals surface area contributed by atoms with Gasteiger partial charge in [0.2, 0.25) is 0 Å². The van der Waals surface area contributed by atoms with Crippen LogP contribution < -0.4 is 4.90 Å². The summed E-state index contributed by atoms with van der Waals surface area (Å²) in [5.41, 5.74) is 20.5. The first kappa shape index (κ1) is 39.0. The molecular weight excluding hydrogens is 763 g/mol. The molecule has 0 atom stereocenters. The molecule has 0 bridgehead atoms. The summed E-state index contributed by atoms with van der Waals surface area (Å²) >= 11 is 0. The average Bonchev–Trinajstić information content (AvgIpc) is 3.74. The van der Waals surface area contributed by atoms with Crippen LogP contribution in [0.5, 0.6) is 0 Å². The molecule has 0 amide bonds. The molecule has 9 aromatic carbocycles. The van der Waals surface area contributed by atoms with E-state index >= 15 is 0 Å². The lowest BCUT2D eigenvalue weighted by Gasteiger charge is -2.28. The van der Waals surface area contributed by atoms with Gasteiger partial charge >= 0.3 is 0 Å². The highest BCUT2D eigenvalue weighted by molar-refractivity contribution is 6.12. The molecule has 0 aromatic heterocycles. The summed E-state index contributed by atoms with van der Waals surface area (Å²) in [6.07, 6.45) is 2.94. The maximum atomic E-state index is 5.32. The van der Waals surface area contributed by atoms with E-state index in [4.69, 9.17) is 4.99 Å². The highest BCUT2D eigenvalue weighted by Gasteiger charge is 2.26. The van der Waals surface area contributed by atoms with Crippen LogP contribution in [-0.2, 0) is 13.0 Å². The van der Waals surface area contributed by atoms with Gasteiger partial charge in [-0.3, -0.25) is 9.98 Å². The SMILES string of the molecule is C=N/C(=C\C(=N/Cc1ccc2c(c1)Cc1cccc(N(c3ccccc3)c3ccc(-c4ccccc4)cc3)c1-2)c1ccc(-c2ccccc2)cc1)c1ccc(-c2ccccc2)cc1. The summed E-state index contributed by atoms with van der Waals surface area (Å²) in [4.78, 5) is 12.2. The zero-order chi connectivity index (χ0) is 42.4. The maximum Gasteiger partial charge on any atom is 0.0716 e. The molecular formula is C60H45N3. The van der Waals surface area contributed by atoms with E-state index in [1.807, 2.05) is 12.1 Å². The van der Waals surface area contributed by atoms with Crippen LogP contribution >= 0.6 is 0 Å². The van der Waals surface area contributed by atoms with Crippen LogP contribution in [-0.4, -0.2) is 12.4 Å². The molecule has 0 saturated heterocycles. The van der Waals surface area contributed by atoms with E-state index < -0.39 is 0 Å². The number of para-hydroxylation sites is 1. The standard InChI is InChI=1S/C60H45N3/c1-61-57(50-30-26-47(27-31-50)44-15-6-2-7-16-44)41-58(51-32-28-48(29-33-51)45-17-8-3-9-18-45)62-42-43-25-38-56-53(39-43)40-52-21-14-24-59(60(52)56)63(54-22-12-5-13-23-54)55-36-34-49(35-37-55)46-19-10-4-11-20-46/h2-39,41H,1,40,42H2/b57-41-,62-58+. The van der Waals surface area contributed by atoms with Crippen molar-refractivity contribution in [2.45, 2.75) is 13.0 Å². The molecule has 3 heteroatoms. The van der Waals surface area contributed by atoms with Gasteiger partial charge < -0.3 is 4.90 Å². The fourth-order valence-corrected chi connectivity index (χ4v) is 8.68. The Morgan fingerprint density at radius 3 is 1.51 bits per heavy atom. The number of benzene rings is 9. The average molecular weight is 808 g/mol. The number of aliphatic imine (C=N–C) groups is 2. The van der Waals surface area contributed by atoms with E-state index in [0.29, 0.717) is 6.54 Å².